The molecular weight excluding hydrogens is 401 g/mol. The summed E-state index contributed by atoms with van der Waals surface area (Å²) in [5.41, 5.74) is 3.31. The Balaban J connectivity index is 1.83. The first-order valence-electron chi connectivity index (χ1n) is 6.90. The van der Waals surface area contributed by atoms with Crippen LogP contribution in [0.2, 0.25) is 10.0 Å². The number of thiocarbonyl (C=S) groups is 1. The third kappa shape index (κ3) is 3.85. The van der Waals surface area contributed by atoms with Crippen molar-refractivity contribution in [3.8, 4) is 0 Å². The normalized spacial score (nSPS) is 15.8. The molecule has 9 heteroatoms. The van der Waals surface area contributed by atoms with Crippen LogP contribution in [0.1, 0.15) is 15.9 Å². The molecule has 0 atom stereocenters. The van der Waals surface area contributed by atoms with Crippen molar-refractivity contribution in [2.45, 2.75) is 0 Å². The van der Waals surface area contributed by atoms with Crippen LogP contribution < -0.4 is 5.43 Å². The smallest absolute Gasteiger partial charge is 0.267 e. The molecule has 1 fully saturated rings. The first-order chi connectivity index (χ1) is 12.0. The van der Waals surface area contributed by atoms with Crippen LogP contribution in [-0.2, 0) is 4.79 Å². The zero-order valence-corrected chi connectivity index (χ0v) is 15.5. The summed E-state index contributed by atoms with van der Waals surface area (Å²) in [7, 11) is 0. The number of hydrogen-bond acceptors (Lipinski definition) is 5. The van der Waals surface area contributed by atoms with Gasteiger partial charge in [0.25, 0.3) is 11.8 Å². The average Bonchev–Trinajstić information content (AvgIpc) is 2.86. The van der Waals surface area contributed by atoms with E-state index in [1.807, 2.05) is 0 Å². The van der Waals surface area contributed by atoms with Gasteiger partial charge >= 0.3 is 0 Å². The summed E-state index contributed by atoms with van der Waals surface area (Å²) < 4.78 is 0.205. The maximum atomic E-state index is 12.5. The van der Waals surface area contributed by atoms with E-state index in [1.54, 1.807) is 42.6 Å². The zero-order chi connectivity index (χ0) is 18.0. The Labute approximate surface area is 163 Å². The lowest BCUT2D eigenvalue weighted by atomic mass is 10.2. The summed E-state index contributed by atoms with van der Waals surface area (Å²) in [5, 5.41) is 1.85. The minimum Gasteiger partial charge on any atom is -0.267 e. The third-order valence-corrected chi connectivity index (χ3v) is 5.17. The van der Waals surface area contributed by atoms with E-state index in [0.717, 1.165) is 16.8 Å². The molecule has 0 radical (unpaired) electrons. The first-order valence-corrected chi connectivity index (χ1v) is 8.88. The second-order valence-electron chi connectivity index (χ2n) is 4.84. The molecule has 1 aliphatic rings. The number of amides is 2. The molecule has 1 saturated heterocycles. The van der Waals surface area contributed by atoms with Crippen molar-refractivity contribution in [1.29, 1.82) is 0 Å². The van der Waals surface area contributed by atoms with Gasteiger partial charge in [-0.05, 0) is 42.6 Å². The lowest BCUT2D eigenvalue weighted by Gasteiger charge is -2.15. The van der Waals surface area contributed by atoms with E-state index < -0.39 is 11.8 Å². The fourth-order valence-corrected chi connectivity index (χ4v) is 3.67. The van der Waals surface area contributed by atoms with Gasteiger partial charge in [0.15, 0.2) is 4.32 Å². The molecular formula is C16H9Cl2N3O2S2. The Morgan fingerprint density at radius 1 is 1.24 bits per heavy atom. The fourth-order valence-electron chi connectivity index (χ4n) is 2.01. The second-order valence-corrected chi connectivity index (χ2v) is 7.33. The number of hydrazine groups is 1. The van der Waals surface area contributed by atoms with Crippen LogP contribution in [0.15, 0.2) is 47.6 Å². The van der Waals surface area contributed by atoms with Crippen LogP contribution in [0, 0.1) is 0 Å². The van der Waals surface area contributed by atoms with Gasteiger partial charge in [-0.15, -0.1) is 0 Å². The van der Waals surface area contributed by atoms with Crippen LogP contribution >= 0.6 is 47.2 Å². The van der Waals surface area contributed by atoms with Crippen molar-refractivity contribution >= 4 is 69.4 Å². The largest absolute Gasteiger partial charge is 0.285 e. The van der Waals surface area contributed by atoms with Crippen LogP contribution in [0.25, 0.3) is 6.08 Å². The van der Waals surface area contributed by atoms with E-state index in [0.29, 0.717) is 26.1 Å². The highest BCUT2D eigenvalue weighted by atomic mass is 35.5. The lowest BCUT2D eigenvalue weighted by Crippen LogP contribution is -2.44. The van der Waals surface area contributed by atoms with Gasteiger partial charge in [-0.2, -0.15) is 5.01 Å². The van der Waals surface area contributed by atoms with E-state index in [2.05, 4.69) is 10.4 Å². The molecule has 2 aromatic rings. The van der Waals surface area contributed by atoms with E-state index in [1.165, 1.54) is 6.20 Å². The maximum Gasteiger partial charge on any atom is 0.285 e. The highest BCUT2D eigenvalue weighted by Gasteiger charge is 2.34. The highest BCUT2D eigenvalue weighted by Crippen LogP contribution is 2.35. The molecule has 3 rings (SSSR count). The Morgan fingerprint density at radius 3 is 2.60 bits per heavy atom. The number of nitrogens with zero attached hydrogens (tertiary/aromatic N) is 2. The van der Waals surface area contributed by atoms with Gasteiger partial charge in [0.05, 0.1) is 10.5 Å². The molecule has 0 bridgehead atoms. The number of carbonyl (C=O) groups excluding carboxylic acids is 2. The number of halogens is 2. The van der Waals surface area contributed by atoms with Gasteiger partial charge in [0.2, 0.25) is 0 Å². The lowest BCUT2D eigenvalue weighted by molar-refractivity contribution is -0.123. The van der Waals surface area contributed by atoms with Crippen molar-refractivity contribution in [1.82, 2.24) is 15.4 Å². The molecule has 2 heterocycles. The fraction of sp³-hybridized carbons (Fsp3) is 0. The van der Waals surface area contributed by atoms with Crippen LogP contribution in [0.4, 0.5) is 0 Å². The molecule has 25 heavy (non-hydrogen) atoms. The van der Waals surface area contributed by atoms with Gasteiger partial charge in [-0.25, -0.2) is 0 Å². The van der Waals surface area contributed by atoms with E-state index in [4.69, 9.17) is 35.4 Å². The SMILES string of the molecule is O=C(NN1C(=O)C(=Cc2c(Cl)cccc2Cl)SC1=S)c1cccnc1. The molecule has 1 aromatic carbocycles. The monoisotopic (exact) mass is 409 g/mol. The van der Waals surface area contributed by atoms with Crippen molar-refractivity contribution < 1.29 is 9.59 Å². The Bertz CT molecular complexity index is 883. The van der Waals surface area contributed by atoms with Gasteiger partial charge in [0.1, 0.15) is 0 Å². The minimum atomic E-state index is -0.485. The molecule has 0 spiro atoms. The number of carbonyl (C=O) groups is 2. The summed E-state index contributed by atoms with van der Waals surface area (Å²) in [6.45, 7) is 0. The van der Waals surface area contributed by atoms with Crippen molar-refractivity contribution in [3.63, 3.8) is 0 Å². The molecule has 2 amide bonds. The van der Waals surface area contributed by atoms with Crippen LogP contribution in [0.3, 0.4) is 0 Å². The summed E-state index contributed by atoms with van der Waals surface area (Å²) in [6, 6.07) is 8.26. The van der Waals surface area contributed by atoms with E-state index in [-0.39, 0.29) is 4.32 Å². The number of benzene rings is 1. The average molecular weight is 410 g/mol. The molecule has 1 N–H and O–H groups in total. The number of aromatic nitrogens is 1. The predicted octanol–water partition coefficient (Wildman–Crippen LogP) is 3.93. The maximum absolute atomic E-state index is 12.5. The molecule has 0 aliphatic carbocycles. The summed E-state index contributed by atoms with van der Waals surface area (Å²) >= 11 is 18.5. The van der Waals surface area contributed by atoms with Gasteiger partial charge in [0, 0.05) is 28.0 Å². The first kappa shape index (κ1) is 17.9. The van der Waals surface area contributed by atoms with E-state index in [9.17, 15) is 9.59 Å². The van der Waals surface area contributed by atoms with Crippen molar-refractivity contribution in [2.24, 2.45) is 0 Å². The second kappa shape index (κ2) is 7.53. The predicted molar refractivity (Wildman–Crippen MR) is 103 cm³/mol. The molecule has 126 valence electrons. The van der Waals surface area contributed by atoms with Gasteiger partial charge < -0.3 is 0 Å². The Morgan fingerprint density at radius 2 is 1.96 bits per heavy atom. The summed E-state index contributed by atoms with van der Waals surface area (Å²) in [6.07, 6.45) is 4.50. The number of thioether (sulfide) groups is 1. The summed E-state index contributed by atoms with van der Waals surface area (Å²) in [4.78, 5) is 28.9. The molecule has 1 aliphatic heterocycles. The molecule has 0 saturated carbocycles. The van der Waals surface area contributed by atoms with E-state index >= 15 is 0 Å². The summed E-state index contributed by atoms with van der Waals surface area (Å²) in [5.74, 6) is -0.940. The number of rotatable bonds is 3. The number of nitrogens with one attached hydrogen (secondary N) is 1. The van der Waals surface area contributed by atoms with Crippen LogP contribution in [-0.4, -0.2) is 26.1 Å². The number of pyridine rings is 1. The van der Waals surface area contributed by atoms with Gasteiger partial charge in [-0.3, -0.25) is 20.0 Å². The van der Waals surface area contributed by atoms with Crippen molar-refractivity contribution in [3.05, 3.63) is 68.8 Å². The Kier molecular flexibility index (Phi) is 5.39. The minimum absolute atomic E-state index is 0.205. The molecule has 5 nitrogen and oxygen atoms in total. The third-order valence-electron chi connectivity index (χ3n) is 3.21. The molecule has 0 unspecified atom stereocenters. The Hall–Kier alpha value is -1.93. The topological polar surface area (TPSA) is 62.3 Å². The van der Waals surface area contributed by atoms with Gasteiger partial charge in [-0.1, -0.05) is 41.0 Å². The van der Waals surface area contributed by atoms with Crippen LogP contribution in [0.5, 0.6) is 0 Å². The van der Waals surface area contributed by atoms with Crippen molar-refractivity contribution in [2.75, 3.05) is 0 Å². The zero-order valence-electron chi connectivity index (χ0n) is 12.4. The standard InChI is InChI=1S/C16H9Cl2N3O2S2/c17-11-4-1-5-12(18)10(11)7-13-15(23)21(16(24)25-13)20-14(22)9-3-2-6-19-8-9/h1-8H,(H,20,22). The number of hydrogen-bond donors (Lipinski definition) is 1. The highest BCUT2D eigenvalue weighted by molar-refractivity contribution is 8.26. The quantitative estimate of drug-likeness (QED) is 0.614. The molecule has 1 aromatic heterocycles.